The molecule has 1 aliphatic heterocycles. The Kier molecular flexibility index (Phi) is 5.72. The molecule has 1 aromatic heterocycles. The molecule has 168 valence electrons. The lowest BCUT2D eigenvalue weighted by molar-refractivity contribution is -0.137. The normalized spacial score (nSPS) is 14.5. The van der Waals surface area contributed by atoms with Crippen molar-refractivity contribution in [1.29, 1.82) is 0 Å². The monoisotopic (exact) mass is 449 g/mol. The fourth-order valence-corrected chi connectivity index (χ4v) is 3.46. The molecule has 7 nitrogen and oxygen atoms in total. The number of hydrogen-bond acceptors (Lipinski definition) is 5. The van der Waals surface area contributed by atoms with Crippen molar-refractivity contribution in [2.24, 2.45) is 0 Å². The van der Waals surface area contributed by atoms with E-state index in [9.17, 15) is 22.4 Å². The Balaban J connectivity index is 1.44. The topological polar surface area (TPSA) is 70.6 Å². The molecule has 0 bridgehead atoms. The lowest BCUT2D eigenvalue weighted by atomic mass is 10.1. The third-order valence-electron chi connectivity index (χ3n) is 5.12. The maximum atomic E-state index is 13.5. The number of amides is 2. The fourth-order valence-electron chi connectivity index (χ4n) is 3.46. The number of carbonyl (C=O) groups excluding carboxylic acids is 1. The van der Waals surface area contributed by atoms with Gasteiger partial charge in [0.05, 0.1) is 23.7 Å². The van der Waals surface area contributed by atoms with Crippen molar-refractivity contribution in [1.82, 2.24) is 14.9 Å². The number of alkyl halides is 3. The molecule has 4 rings (SSSR count). The van der Waals surface area contributed by atoms with E-state index in [1.54, 1.807) is 11.0 Å². The summed E-state index contributed by atoms with van der Waals surface area (Å²) in [7, 11) is 1.38. The van der Waals surface area contributed by atoms with Crippen LogP contribution in [-0.2, 0) is 6.18 Å². The van der Waals surface area contributed by atoms with Crippen LogP contribution in [0.25, 0.3) is 11.0 Å². The quantitative estimate of drug-likeness (QED) is 0.609. The zero-order chi connectivity index (χ0) is 22.9. The third kappa shape index (κ3) is 4.51. The Morgan fingerprint density at radius 2 is 1.78 bits per heavy atom. The molecule has 1 aliphatic rings. The number of anilines is 2. The number of halogens is 4. The van der Waals surface area contributed by atoms with E-state index in [0.717, 1.165) is 12.1 Å². The first kappa shape index (κ1) is 21.6. The Morgan fingerprint density at radius 1 is 1.03 bits per heavy atom. The van der Waals surface area contributed by atoms with Crippen LogP contribution in [0.15, 0.2) is 42.5 Å². The number of nitrogens with zero attached hydrogens (tertiary/aromatic N) is 4. The van der Waals surface area contributed by atoms with Crippen LogP contribution < -0.4 is 15.0 Å². The molecule has 1 fully saturated rings. The maximum Gasteiger partial charge on any atom is 0.416 e. The molecule has 0 atom stereocenters. The zero-order valence-corrected chi connectivity index (χ0v) is 17.0. The number of hydrogen-bond donors (Lipinski definition) is 1. The van der Waals surface area contributed by atoms with E-state index in [1.807, 2.05) is 0 Å². The van der Waals surface area contributed by atoms with Gasteiger partial charge in [0.25, 0.3) is 5.88 Å². The van der Waals surface area contributed by atoms with E-state index in [-0.39, 0.29) is 17.2 Å². The number of carbonyl (C=O) groups is 1. The summed E-state index contributed by atoms with van der Waals surface area (Å²) in [6.07, 6.45) is -4.42. The van der Waals surface area contributed by atoms with Gasteiger partial charge in [-0.15, -0.1) is 0 Å². The molecule has 0 saturated carbocycles. The number of rotatable bonds is 3. The molecule has 32 heavy (non-hydrogen) atoms. The van der Waals surface area contributed by atoms with Crippen molar-refractivity contribution < 1.29 is 27.1 Å². The number of ether oxygens (including phenoxy) is 1. The predicted molar refractivity (Wildman–Crippen MR) is 110 cm³/mol. The van der Waals surface area contributed by atoms with Gasteiger partial charge in [0.2, 0.25) is 0 Å². The molecule has 0 spiro atoms. The summed E-state index contributed by atoms with van der Waals surface area (Å²) in [6, 6.07) is 8.55. The number of fused-ring (bicyclic) bond motifs is 1. The molecule has 2 heterocycles. The van der Waals surface area contributed by atoms with Gasteiger partial charge in [-0.2, -0.15) is 13.2 Å². The SMILES string of the molecule is COc1nc2ccc(F)cc2nc1NC(=O)N1CCN(c2cccc(C(F)(F)F)c2)CC1. The highest BCUT2D eigenvalue weighted by Crippen LogP contribution is 2.32. The average Bonchev–Trinajstić information content (AvgIpc) is 2.78. The van der Waals surface area contributed by atoms with Gasteiger partial charge in [-0.1, -0.05) is 6.07 Å². The summed E-state index contributed by atoms with van der Waals surface area (Å²) in [5, 5.41) is 2.63. The van der Waals surface area contributed by atoms with Gasteiger partial charge in [0.15, 0.2) is 5.82 Å². The number of piperazine rings is 1. The summed E-state index contributed by atoms with van der Waals surface area (Å²) < 4.78 is 57.6. The number of urea groups is 1. The first-order valence-corrected chi connectivity index (χ1v) is 9.74. The van der Waals surface area contributed by atoms with Crippen molar-refractivity contribution >= 4 is 28.6 Å². The van der Waals surface area contributed by atoms with Crippen LogP contribution >= 0.6 is 0 Å². The second kappa shape index (κ2) is 8.48. The molecule has 2 amide bonds. The zero-order valence-electron chi connectivity index (χ0n) is 17.0. The minimum atomic E-state index is -4.42. The minimum absolute atomic E-state index is 0.0518. The Labute approximate surface area is 180 Å². The molecule has 0 aliphatic carbocycles. The van der Waals surface area contributed by atoms with Crippen molar-refractivity contribution in [2.45, 2.75) is 6.18 Å². The van der Waals surface area contributed by atoms with Crippen LogP contribution in [0.1, 0.15) is 5.56 Å². The lowest BCUT2D eigenvalue weighted by Gasteiger charge is -2.36. The van der Waals surface area contributed by atoms with Crippen LogP contribution in [0.5, 0.6) is 5.88 Å². The van der Waals surface area contributed by atoms with E-state index in [1.165, 1.54) is 36.3 Å². The highest BCUT2D eigenvalue weighted by atomic mass is 19.4. The van der Waals surface area contributed by atoms with Crippen LogP contribution in [-0.4, -0.2) is 54.2 Å². The highest BCUT2D eigenvalue weighted by molar-refractivity contribution is 5.91. The number of nitrogens with one attached hydrogen (secondary N) is 1. The molecule has 1 saturated heterocycles. The Hall–Kier alpha value is -3.63. The van der Waals surface area contributed by atoms with Crippen LogP contribution in [0, 0.1) is 5.82 Å². The molecular weight excluding hydrogens is 430 g/mol. The second-order valence-electron chi connectivity index (χ2n) is 7.17. The van der Waals surface area contributed by atoms with E-state index < -0.39 is 23.6 Å². The van der Waals surface area contributed by atoms with Gasteiger partial charge < -0.3 is 14.5 Å². The van der Waals surface area contributed by atoms with Gasteiger partial charge in [0, 0.05) is 37.9 Å². The van der Waals surface area contributed by atoms with Gasteiger partial charge in [-0.3, -0.25) is 5.32 Å². The van der Waals surface area contributed by atoms with Gasteiger partial charge in [-0.25, -0.2) is 19.2 Å². The van der Waals surface area contributed by atoms with E-state index in [2.05, 4.69) is 15.3 Å². The van der Waals surface area contributed by atoms with Crippen LogP contribution in [0.2, 0.25) is 0 Å². The summed E-state index contributed by atoms with van der Waals surface area (Å²) in [5.74, 6) is -0.351. The molecule has 1 N–H and O–H groups in total. The van der Waals surface area contributed by atoms with E-state index in [4.69, 9.17) is 4.74 Å². The summed E-state index contributed by atoms with van der Waals surface area (Å²) in [5.41, 5.74) is 0.406. The molecule has 11 heteroatoms. The first-order chi connectivity index (χ1) is 15.2. The van der Waals surface area contributed by atoms with E-state index >= 15 is 0 Å². The third-order valence-corrected chi connectivity index (χ3v) is 5.12. The standard InChI is InChI=1S/C21H19F4N5O2/c1-32-19-18(26-17-12-14(22)5-6-16(17)27-19)28-20(31)30-9-7-29(8-10-30)15-4-2-3-13(11-15)21(23,24)25/h2-6,11-12H,7-10H2,1H3,(H,26,28,31). The van der Waals surface area contributed by atoms with Crippen molar-refractivity contribution in [3.05, 3.63) is 53.8 Å². The summed E-state index contributed by atoms with van der Waals surface area (Å²) in [4.78, 5) is 24.5. The van der Waals surface area contributed by atoms with Crippen LogP contribution in [0.4, 0.5) is 33.9 Å². The summed E-state index contributed by atoms with van der Waals surface area (Å²) >= 11 is 0. The molecule has 0 unspecified atom stereocenters. The number of benzene rings is 2. The van der Waals surface area contributed by atoms with Crippen molar-refractivity contribution in [3.8, 4) is 5.88 Å². The smallest absolute Gasteiger partial charge is 0.416 e. The van der Waals surface area contributed by atoms with Gasteiger partial charge in [-0.05, 0) is 30.3 Å². The molecular formula is C21H19F4N5O2. The Bertz CT molecular complexity index is 1150. The van der Waals surface area contributed by atoms with E-state index in [0.29, 0.717) is 37.4 Å². The predicted octanol–water partition coefficient (Wildman–Crippen LogP) is 4.15. The molecule has 2 aromatic carbocycles. The largest absolute Gasteiger partial charge is 0.478 e. The Morgan fingerprint density at radius 3 is 2.47 bits per heavy atom. The fraction of sp³-hybridized carbons (Fsp3) is 0.286. The van der Waals surface area contributed by atoms with Crippen molar-refractivity contribution in [2.75, 3.05) is 43.5 Å². The van der Waals surface area contributed by atoms with Gasteiger partial charge in [0.1, 0.15) is 5.82 Å². The number of aromatic nitrogens is 2. The molecule has 0 radical (unpaired) electrons. The lowest BCUT2D eigenvalue weighted by Crippen LogP contribution is -2.50. The second-order valence-corrected chi connectivity index (χ2v) is 7.17. The maximum absolute atomic E-state index is 13.5. The van der Waals surface area contributed by atoms with Crippen LogP contribution in [0.3, 0.4) is 0 Å². The van der Waals surface area contributed by atoms with Crippen molar-refractivity contribution in [3.63, 3.8) is 0 Å². The molecule has 3 aromatic rings. The number of methoxy groups -OCH3 is 1. The average molecular weight is 449 g/mol. The minimum Gasteiger partial charge on any atom is -0.478 e. The summed E-state index contributed by atoms with van der Waals surface area (Å²) in [6.45, 7) is 1.31. The highest BCUT2D eigenvalue weighted by Gasteiger charge is 2.31. The first-order valence-electron chi connectivity index (χ1n) is 9.74. The van der Waals surface area contributed by atoms with Gasteiger partial charge >= 0.3 is 12.2 Å².